The summed E-state index contributed by atoms with van der Waals surface area (Å²) in [5.41, 5.74) is 9.49. The number of aromatic nitrogens is 3. The largest absolute Gasteiger partial charge is 0.319 e. The fraction of sp³-hybridized carbons (Fsp3) is 0.429. The Balaban J connectivity index is 2.43. The summed E-state index contributed by atoms with van der Waals surface area (Å²) in [5, 5.41) is 4.92. The molecule has 0 saturated heterocycles. The maximum atomic E-state index is 6.40. The Morgan fingerprint density at radius 2 is 2.16 bits per heavy atom. The molecule has 0 bridgehead atoms. The second kappa shape index (κ2) is 6.17. The minimum Gasteiger partial charge on any atom is -0.319 e. The molecule has 0 aliphatic heterocycles. The van der Waals surface area contributed by atoms with Gasteiger partial charge in [-0.1, -0.05) is 25.4 Å². The van der Waals surface area contributed by atoms with Crippen molar-refractivity contribution in [2.24, 2.45) is 5.73 Å². The molecular formula is C14H19ClN4. The van der Waals surface area contributed by atoms with Crippen LogP contribution in [0.4, 0.5) is 0 Å². The van der Waals surface area contributed by atoms with E-state index in [1.165, 1.54) is 0 Å². The molecule has 2 aromatic rings. The first kappa shape index (κ1) is 14.0. The van der Waals surface area contributed by atoms with Crippen LogP contribution in [0, 0.1) is 0 Å². The molecule has 0 aromatic carbocycles. The zero-order chi connectivity index (χ0) is 13.8. The summed E-state index contributed by atoms with van der Waals surface area (Å²) in [6.07, 6.45) is 7.19. The van der Waals surface area contributed by atoms with Gasteiger partial charge in [-0.05, 0) is 30.0 Å². The van der Waals surface area contributed by atoms with Gasteiger partial charge in [-0.25, -0.2) is 0 Å². The van der Waals surface area contributed by atoms with Gasteiger partial charge < -0.3 is 5.73 Å². The van der Waals surface area contributed by atoms with Crippen molar-refractivity contribution in [2.45, 2.75) is 39.3 Å². The molecule has 4 nitrogen and oxygen atoms in total. The summed E-state index contributed by atoms with van der Waals surface area (Å²) in [5.74, 6) is 0. The number of aryl methyl sites for hydroxylation is 2. The van der Waals surface area contributed by atoms with Crippen LogP contribution in [0.15, 0.2) is 24.7 Å². The van der Waals surface area contributed by atoms with Gasteiger partial charge in [-0.3, -0.25) is 9.67 Å². The predicted octanol–water partition coefficient (Wildman–Crippen LogP) is 2.95. The van der Waals surface area contributed by atoms with E-state index < -0.39 is 0 Å². The third kappa shape index (κ3) is 2.80. The van der Waals surface area contributed by atoms with Crippen molar-refractivity contribution in [3.05, 3.63) is 46.5 Å². The van der Waals surface area contributed by atoms with Crippen LogP contribution in [0.5, 0.6) is 0 Å². The van der Waals surface area contributed by atoms with E-state index in [1.807, 2.05) is 16.9 Å². The molecule has 0 aliphatic carbocycles. The fourth-order valence-electron chi connectivity index (χ4n) is 2.26. The van der Waals surface area contributed by atoms with Gasteiger partial charge in [-0.2, -0.15) is 5.10 Å². The van der Waals surface area contributed by atoms with Crippen molar-refractivity contribution < 1.29 is 0 Å². The van der Waals surface area contributed by atoms with E-state index in [1.54, 1.807) is 12.4 Å². The van der Waals surface area contributed by atoms with Crippen LogP contribution in [0.1, 0.15) is 43.1 Å². The Bertz CT molecular complexity index is 550. The highest BCUT2D eigenvalue weighted by atomic mass is 35.5. The van der Waals surface area contributed by atoms with Crippen molar-refractivity contribution in [3.63, 3.8) is 0 Å². The number of hydrogen-bond acceptors (Lipinski definition) is 3. The highest BCUT2D eigenvalue weighted by Gasteiger charge is 2.20. The van der Waals surface area contributed by atoms with Crippen LogP contribution in [0.2, 0.25) is 5.02 Å². The second-order valence-electron chi connectivity index (χ2n) is 4.51. The van der Waals surface area contributed by atoms with E-state index in [4.69, 9.17) is 17.3 Å². The van der Waals surface area contributed by atoms with Crippen LogP contribution < -0.4 is 5.73 Å². The summed E-state index contributed by atoms with van der Waals surface area (Å²) in [7, 11) is 0. The predicted molar refractivity (Wildman–Crippen MR) is 77.2 cm³/mol. The molecule has 5 heteroatoms. The highest BCUT2D eigenvalue weighted by Crippen LogP contribution is 2.28. The van der Waals surface area contributed by atoms with E-state index in [9.17, 15) is 0 Å². The zero-order valence-corrected chi connectivity index (χ0v) is 12.1. The smallest absolute Gasteiger partial charge is 0.0837 e. The molecule has 1 unspecified atom stereocenters. The lowest BCUT2D eigenvalue weighted by Crippen LogP contribution is -2.19. The molecule has 0 fully saturated rings. The fourth-order valence-corrected chi connectivity index (χ4v) is 2.51. The number of nitrogens with two attached hydrogens (primary N) is 1. The Morgan fingerprint density at radius 1 is 1.37 bits per heavy atom. The molecule has 1 atom stereocenters. The molecule has 2 rings (SSSR count). The SMILES string of the molecule is CCCn1ncc(Cl)c1C(N)c1ccncc1CC. The monoisotopic (exact) mass is 278 g/mol. The van der Waals surface area contributed by atoms with Crippen molar-refractivity contribution in [2.75, 3.05) is 0 Å². The number of rotatable bonds is 5. The number of pyridine rings is 1. The first-order valence-electron chi connectivity index (χ1n) is 6.58. The highest BCUT2D eigenvalue weighted by molar-refractivity contribution is 6.31. The van der Waals surface area contributed by atoms with Crippen LogP contribution in [-0.4, -0.2) is 14.8 Å². The maximum Gasteiger partial charge on any atom is 0.0837 e. The topological polar surface area (TPSA) is 56.7 Å². The van der Waals surface area contributed by atoms with Gasteiger partial charge in [-0.15, -0.1) is 0 Å². The van der Waals surface area contributed by atoms with Gasteiger partial charge in [0.2, 0.25) is 0 Å². The van der Waals surface area contributed by atoms with Crippen LogP contribution in [0.25, 0.3) is 0 Å². The quantitative estimate of drug-likeness (QED) is 0.915. The van der Waals surface area contributed by atoms with Gasteiger partial charge in [0.15, 0.2) is 0 Å². The maximum absolute atomic E-state index is 6.40. The summed E-state index contributed by atoms with van der Waals surface area (Å²) in [4.78, 5) is 4.15. The third-order valence-corrected chi connectivity index (χ3v) is 3.51. The first-order valence-corrected chi connectivity index (χ1v) is 6.96. The molecule has 0 amide bonds. The number of nitrogens with zero attached hydrogens (tertiary/aromatic N) is 3. The number of halogens is 1. The second-order valence-corrected chi connectivity index (χ2v) is 4.91. The van der Waals surface area contributed by atoms with Crippen LogP contribution >= 0.6 is 11.6 Å². The Hall–Kier alpha value is -1.39. The Morgan fingerprint density at radius 3 is 2.84 bits per heavy atom. The lowest BCUT2D eigenvalue weighted by molar-refractivity contribution is 0.559. The van der Waals surface area contributed by atoms with Gasteiger partial charge in [0.1, 0.15) is 0 Å². The van der Waals surface area contributed by atoms with E-state index >= 15 is 0 Å². The van der Waals surface area contributed by atoms with Gasteiger partial charge in [0.25, 0.3) is 0 Å². The number of hydrogen-bond donors (Lipinski definition) is 1. The molecule has 2 heterocycles. The summed E-state index contributed by atoms with van der Waals surface area (Å²) < 4.78 is 1.90. The van der Waals surface area contributed by atoms with Crippen molar-refractivity contribution in [3.8, 4) is 0 Å². The van der Waals surface area contributed by atoms with Crippen molar-refractivity contribution in [1.82, 2.24) is 14.8 Å². The van der Waals surface area contributed by atoms with E-state index in [2.05, 4.69) is 23.9 Å². The van der Waals surface area contributed by atoms with E-state index in [-0.39, 0.29) is 6.04 Å². The van der Waals surface area contributed by atoms with E-state index in [0.29, 0.717) is 5.02 Å². The molecule has 19 heavy (non-hydrogen) atoms. The Kier molecular flexibility index (Phi) is 4.56. The van der Waals surface area contributed by atoms with Crippen LogP contribution in [0.3, 0.4) is 0 Å². The zero-order valence-electron chi connectivity index (χ0n) is 11.3. The van der Waals surface area contributed by atoms with E-state index in [0.717, 1.165) is 36.2 Å². The average molecular weight is 279 g/mol. The summed E-state index contributed by atoms with van der Waals surface area (Å²) >= 11 is 6.24. The molecule has 0 spiro atoms. The Labute approximate surface area is 118 Å². The third-order valence-electron chi connectivity index (χ3n) is 3.22. The lowest BCUT2D eigenvalue weighted by atomic mass is 9.99. The van der Waals surface area contributed by atoms with Gasteiger partial charge in [0.05, 0.1) is 23.0 Å². The summed E-state index contributed by atoms with van der Waals surface area (Å²) in [6, 6.07) is 1.70. The van der Waals surface area contributed by atoms with Gasteiger partial charge in [0, 0.05) is 18.9 Å². The van der Waals surface area contributed by atoms with Gasteiger partial charge >= 0.3 is 0 Å². The van der Waals surface area contributed by atoms with Crippen molar-refractivity contribution in [1.29, 1.82) is 0 Å². The van der Waals surface area contributed by atoms with Crippen molar-refractivity contribution >= 4 is 11.6 Å². The first-order chi connectivity index (χ1) is 9.19. The standard InChI is InChI=1S/C14H19ClN4/c1-3-7-19-14(12(15)9-18-19)13(16)11-5-6-17-8-10(11)4-2/h5-6,8-9,13H,3-4,7,16H2,1-2H3. The minimum absolute atomic E-state index is 0.264. The summed E-state index contributed by atoms with van der Waals surface area (Å²) in [6.45, 7) is 5.02. The van der Waals surface area contributed by atoms with Crippen LogP contribution in [-0.2, 0) is 13.0 Å². The molecule has 0 saturated carbocycles. The lowest BCUT2D eigenvalue weighted by Gasteiger charge is -2.17. The molecule has 0 aliphatic rings. The minimum atomic E-state index is -0.264. The molecule has 102 valence electrons. The average Bonchev–Trinajstić information content (AvgIpc) is 2.79. The molecule has 0 radical (unpaired) electrons. The molecule has 2 aromatic heterocycles. The molecular weight excluding hydrogens is 260 g/mol. The normalized spacial score (nSPS) is 12.6. The molecule has 2 N–H and O–H groups in total.